The van der Waals surface area contributed by atoms with Crippen molar-refractivity contribution in [2.24, 2.45) is 0 Å². The fourth-order valence-electron chi connectivity index (χ4n) is 1.76. The predicted molar refractivity (Wildman–Crippen MR) is 61.1 cm³/mol. The van der Waals surface area contributed by atoms with E-state index in [9.17, 15) is 13.2 Å². The van der Waals surface area contributed by atoms with Crippen LogP contribution in [0.2, 0.25) is 0 Å². The van der Waals surface area contributed by atoms with E-state index in [1.807, 2.05) is 4.90 Å². The molecule has 1 fully saturated rings. The number of rotatable bonds is 3. The summed E-state index contributed by atoms with van der Waals surface area (Å²) in [6.45, 7) is 3.48. The van der Waals surface area contributed by atoms with Crippen molar-refractivity contribution in [2.45, 2.75) is 13.3 Å². The molecule has 1 rings (SSSR count). The Kier molecular flexibility index (Phi) is 4.49. The normalized spacial score (nSPS) is 22.7. The molecule has 1 heterocycles. The minimum absolute atomic E-state index is 0.174. The second-order valence-corrected chi connectivity index (χ2v) is 6.41. The molecular formula is C10H17NO4S. The molecule has 0 amide bonds. The van der Waals surface area contributed by atoms with Crippen LogP contribution in [-0.2, 0) is 14.6 Å². The van der Waals surface area contributed by atoms with Crippen LogP contribution >= 0.6 is 0 Å². The van der Waals surface area contributed by atoms with Crippen LogP contribution in [0.1, 0.15) is 13.3 Å². The maximum Gasteiger partial charge on any atom is 0.328 e. The molecule has 0 bridgehead atoms. The first-order valence-corrected chi connectivity index (χ1v) is 7.04. The summed E-state index contributed by atoms with van der Waals surface area (Å²) in [6.07, 6.45) is 1.79. The van der Waals surface area contributed by atoms with Crippen LogP contribution in [0.5, 0.6) is 0 Å². The van der Waals surface area contributed by atoms with Gasteiger partial charge in [0, 0.05) is 19.2 Å². The van der Waals surface area contributed by atoms with Crippen LogP contribution in [0.4, 0.5) is 0 Å². The SMILES string of the molecule is CC(=CC(=O)O)CN1CCCS(=O)(=O)CC1. The van der Waals surface area contributed by atoms with Gasteiger partial charge in [0.2, 0.25) is 0 Å². The van der Waals surface area contributed by atoms with E-state index in [0.29, 0.717) is 26.1 Å². The Morgan fingerprint density at radius 1 is 1.38 bits per heavy atom. The van der Waals surface area contributed by atoms with Gasteiger partial charge in [-0.25, -0.2) is 13.2 Å². The van der Waals surface area contributed by atoms with Gasteiger partial charge < -0.3 is 5.11 Å². The standard InChI is InChI=1S/C10H17NO4S/c1-9(7-10(12)13)8-11-3-2-5-16(14,15)6-4-11/h7H,2-6,8H2,1H3,(H,12,13). The van der Waals surface area contributed by atoms with Gasteiger partial charge in [-0.2, -0.15) is 0 Å². The molecule has 1 N–H and O–H groups in total. The maximum absolute atomic E-state index is 11.3. The van der Waals surface area contributed by atoms with Gasteiger partial charge in [-0.3, -0.25) is 4.90 Å². The highest BCUT2D eigenvalue weighted by molar-refractivity contribution is 7.91. The number of nitrogens with zero attached hydrogens (tertiary/aromatic N) is 1. The predicted octanol–water partition coefficient (Wildman–Crippen LogP) is 0.138. The van der Waals surface area contributed by atoms with E-state index in [0.717, 1.165) is 5.57 Å². The van der Waals surface area contributed by atoms with Crippen LogP contribution in [0.3, 0.4) is 0 Å². The Morgan fingerprint density at radius 3 is 2.69 bits per heavy atom. The second-order valence-electron chi connectivity index (χ2n) is 4.11. The largest absolute Gasteiger partial charge is 0.478 e. The van der Waals surface area contributed by atoms with Crippen molar-refractivity contribution >= 4 is 15.8 Å². The number of hydrogen-bond donors (Lipinski definition) is 1. The van der Waals surface area contributed by atoms with E-state index in [1.54, 1.807) is 6.92 Å². The fraction of sp³-hybridized carbons (Fsp3) is 0.700. The molecule has 16 heavy (non-hydrogen) atoms. The monoisotopic (exact) mass is 247 g/mol. The molecule has 0 unspecified atom stereocenters. The molecule has 0 saturated carbocycles. The lowest BCUT2D eigenvalue weighted by atomic mass is 10.2. The highest BCUT2D eigenvalue weighted by atomic mass is 32.2. The lowest BCUT2D eigenvalue weighted by Crippen LogP contribution is -2.28. The van der Waals surface area contributed by atoms with Gasteiger partial charge in [0.25, 0.3) is 0 Å². The molecular weight excluding hydrogens is 230 g/mol. The first-order valence-electron chi connectivity index (χ1n) is 5.22. The lowest BCUT2D eigenvalue weighted by molar-refractivity contribution is -0.131. The van der Waals surface area contributed by atoms with Crippen molar-refractivity contribution in [2.75, 3.05) is 31.1 Å². The first kappa shape index (κ1) is 13.2. The molecule has 0 radical (unpaired) electrons. The van der Waals surface area contributed by atoms with Crippen LogP contribution in [0.15, 0.2) is 11.6 Å². The van der Waals surface area contributed by atoms with Gasteiger partial charge >= 0.3 is 5.97 Å². The third-order valence-electron chi connectivity index (χ3n) is 2.49. The zero-order valence-corrected chi connectivity index (χ0v) is 10.2. The van der Waals surface area contributed by atoms with Gasteiger partial charge in [0.15, 0.2) is 9.84 Å². The summed E-state index contributed by atoms with van der Waals surface area (Å²) >= 11 is 0. The molecule has 0 aromatic carbocycles. The second kappa shape index (κ2) is 5.45. The van der Waals surface area contributed by atoms with Crippen molar-refractivity contribution in [1.29, 1.82) is 0 Å². The third-order valence-corrected chi connectivity index (χ3v) is 4.21. The van der Waals surface area contributed by atoms with Crippen molar-refractivity contribution in [3.8, 4) is 0 Å². The molecule has 6 heteroatoms. The molecule has 0 aromatic heterocycles. The molecule has 0 aromatic rings. The smallest absolute Gasteiger partial charge is 0.328 e. The third kappa shape index (κ3) is 4.76. The number of hydrogen-bond acceptors (Lipinski definition) is 4. The highest BCUT2D eigenvalue weighted by Gasteiger charge is 2.18. The Bertz CT molecular complexity index is 386. The van der Waals surface area contributed by atoms with E-state index >= 15 is 0 Å². The number of carboxylic acids is 1. The average Bonchev–Trinajstić information content (AvgIpc) is 2.26. The number of aliphatic carboxylic acids is 1. The summed E-state index contributed by atoms with van der Waals surface area (Å²) in [6, 6.07) is 0. The topological polar surface area (TPSA) is 74.7 Å². The number of carbonyl (C=O) groups is 1. The summed E-state index contributed by atoms with van der Waals surface area (Å²) < 4.78 is 22.7. The minimum Gasteiger partial charge on any atom is -0.478 e. The number of sulfone groups is 1. The Morgan fingerprint density at radius 2 is 2.06 bits per heavy atom. The van der Waals surface area contributed by atoms with E-state index in [1.165, 1.54) is 6.08 Å². The van der Waals surface area contributed by atoms with Gasteiger partial charge in [-0.1, -0.05) is 5.57 Å². The van der Waals surface area contributed by atoms with E-state index in [-0.39, 0.29) is 11.5 Å². The van der Waals surface area contributed by atoms with Gasteiger partial charge in [0.1, 0.15) is 0 Å². The van der Waals surface area contributed by atoms with Crippen LogP contribution in [0, 0.1) is 0 Å². The summed E-state index contributed by atoms with van der Waals surface area (Å²) in [5.74, 6) is -0.543. The molecule has 0 atom stereocenters. The molecule has 1 saturated heterocycles. The van der Waals surface area contributed by atoms with Gasteiger partial charge in [-0.15, -0.1) is 0 Å². The van der Waals surface area contributed by atoms with Crippen molar-refractivity contribution in [1.82, 2.24) is 4.90 Å². The van der Waals surface area contributed by atoms with E-state index < -0.39 is 15.8 Å². The zero-order chi connectivity index (χ0) is 12.2. The van der Waals surface area contributed by atoms with Crippen LogP contribution in [0.25, 0.3) is 0 Å². The molecule has 0 spiro atoms. The van der Waals surface area contributed by atoms with Crippen LogP contribution in [-0.4, -0.2) is 55.5 Å². The first-order chi connectivity index (χ1) is 7.39. The summed E-state index contributed by atoms with van der Waals surface area (Å²) in [4.78, 5) is 12.4. The average molecular weight is 247 g/mol. The van der Waals surface area contributed by atoms with Crippen molar-refractivity contribution in [3.05, 3.63) is 11.6 Å². The fourth-order valence-corrected chi connectivity index (χ4v) is 3.07. The van der Waals surface area contributed by atoms with Crippen molar-refractivity contribution in [3.63, 3.8) is 0 Å². The zero-order valence-electron chi connectivity index (χ0n) is 9.35. The molecule has 0 aliphatic carbocycles. The quantitative estimate of drug-likeness (QED) is 0.718. The van der Waals surface area contributed by atoms with Crippen LogP contribution < -0.4 is 0 Å². The number of carboxylic acid groups (broad SMARTS) is 1. The highest BCUT2D eigenvalue weighted by Crippen LogP contribution is 2.07. The van der Waals surface area contributed by atoms with E-state index in [2.05, 4.69) is 0 Å². The molecule has 1 aliphatic rings. The Hall–Kier alpha value is -0.880. The Balaban J connectivity index is 2.53. The molecule has 92 valence electrons. The summed E-state index contributed by atoms with van der Waals surface area (Å²) in [7, 11) is -2.89. The maximum atomic E-state index is 11.3. The van der Waals surface area contributed by atoms with Gasteiger partial charge in [-0.05, 0) is 19.9 Å². The minimum atomic E-state index is -2.89. The summed E-state index contributed by atoms with van der Waals surface area (Å²) in [5, 5.41) is 8.56. The lowest BCUT2D eigenvalue weighted by Gasteiger charge is -2.18. The summed E-state index contributed by atoms with van der Waals surface area (Å²) in [5.41, 5.74) is 0.742. The van der Waals surface area contributed by atoms with Crippen molar-refractivity contribution < 1.29 is 18.3 Å². The molecule has 5 nitrogen and oxygen atoms in total. The van der Waals surface area contributed by atoms with Gasteiger partial charge in [0.05, 0.1) is 11.5 Å². The van der Waals surface area contributed by atoms with E-state index in [4.69, 9.17) is 5.11 Å². The molecule has 1 aliphatic heterocycles. The Labute approximate surface area is 95.7 Å².